The van der Waals surface area contributed by atoms with Gasteiger partial charge in [0, 0.05) is 4.70 Å². The lowest BCUT2D eigenvalue weighted by molar-refractivity contribution is -0.137. The summed E-state index contributed by atoms with van der Waals surface area (Å²) in [6.07, 6.45) is -4.34. The first-order valence-electron chi connectivity index (χ1n) is 6.68. The van der Waals surface area contributed by atoms with Crippen molar-refractivity contribution in [2.24, 2.45) is 0 Å². The first kappa shape index (κ1) is 15.6. The molecule has 2 nitrogen and oxygen atoms in total. The molecular weight excluding hydrogens is 325 g/mol. The van der Waals surface area contributed by atoms with Crippen LogP contribution < -0.4 is 0 Å². The summed E-state index contributed by atoms with van der Waals surface area (Å²) < 4.78 is 43.4. The van der Waals surface area contributed by atoms with Crippen LogP contribution in [0, 0.1) is 0 Å². The SMILES string of the molecule is COC(=O)c1cc2cc(-c3ccc(C(F)(F)F)cc3)ccc2s1. The molecule has 3 aromatic rings. The molecule has 0 atom stereocenters. The Morgan fingerprint density at radius 2 is 1.65 bits per heavy atom. The van der Waals surface area contributed by atoms with Gasteiger partial charge in [0.1, 0.15) is 4.88 Å². The Bertz CT molecular complexity index is 864. The summed E-state index contributed by atoms with van der Waals surface area (Å²) in [7, 11) is 1.32. The van der Waals surface area contributed by atoms with Crippen molar-refractivity contribution >= 4 is 27.4 Å². The number of carbonyl (C=O) groups is 1. The zero-order chi connectivity index (χ0) is 16.6. The van der Waals surface area contributed by atoms with Gasteiger partial charge < -0.3 is 4.74 Å². The minimum atomic E-state index is -4.34. The standard InChI is InChI=1S/C17H11F3O2S/c1-22-16(21)15-9-12-8-11(4-7-14(12)23-15)10-2-5-13(6-3-10)17(18,19)20/h2-9H,1H3. The molecule has 0 aliphatic rings. The lowest BCUT2D eigenvalue weighted by Crippen LogP contribution is -2.03. The van der Waals surface area contributed by atoms with Crippen LogP contribution in [-0.4, -0.2) is 13.1 Å². The summed E-state index contributed by atoms with van der Waals surface area (Å²) in [4.78, 5) is 12.0. The lowest BCUT2D eigenvalue weighted by Gasteiger charge is -2.07. The van der Waals surface area contributed by atoms with Crippen LogP contribution in [-0.2, 0) is 10.9 Å². The Kier molecular flexibility index (Phi) is 3.85. The number of benzene rings is 2. The molecule has 0 amide bonds. The molecule has 0 saturated heterocycles. The predicted molar refractivity (Wildman–Crippen MR) is 83.6 cm³/mol. The van der Waals surface area contributed by atoms with E-state index >= 15 is 0 Å². The van der Waals surface area contributed by atoms with Gasteiger partial charge in [-0.2, -0.15) is 13.2 Å². The number of hydrogen-bond donors (Lipinski definition) is 0. The average molecular weight is 336 g/mol. The van der Waals surface area contributed by atoms with Crippen molar-refractivity contribution in [2.75, 3.05) is 7.11 Å². The van der Waals surface area contributed by atoms with E-state index in [-0.39, 0.29) is 0 Å². The van der Waals surface area contributed by atoms with E-state index in [0.29, 0.717) is 10.4 Å². The van der Waals surface area contributed by atoms with Crippen LogP contribution >= 0.6 is 11.3 Å². The molecule has 0 aliphatic heterocycles. The maximum absolute atomic E-state index is 12.6. The summed E-state index contributed by atoms with van der Waals surface area (Å²) in [5.41, 5.74) is 0.803. The van der Waals surface area contributed by atoms with Gasteiger partial charge in [0.25, 0.3) is 0 Å². The first-order chi connectivity index (χ1) is 10.9. The summed E-state index contributed by atoms with van der Waals surface area (Å²) in [6, 6.07) is 12.2. The second-order valence-electron chi connectivity index (χ2n) is 4.93. The Morgan fingerprint density at radius 3 is 2.26 bits per heavy atom. The topological polar surface area (TPSA) is 26.3 Å². The third-order valence-corrected chi connectivity index (χ3v) is 4.54. The number of alkyl halides is 3. The molecule has 0 aliphatic carbocycles. The van der Waals surface area contributed by atoms with Crippen LogP contribution in [0.4, 0.5) is 13.2 Å². The summed E-state index contributed by atoms with van der Waals surface area (Å²) in [6.45, 7) is 0. The van der Waals surface area contributed by atoms with Crippen molar-refractivity contribution in [1.29, 1.82) is 0 Å². The largest absolute Gasteiger partial charge is 0.465 e. The summed E-state index contributed by atoms with van der Waals surface area (Å²) >= 11 is 1.32. The molecular formula is C17H11F3O2S. The summed E-state index contributed by atoms with van der Waals surface area (Å²) in [5, 5.41) is 0.854. The predicted octanol–water partition coefficient (Wildman–Crippen LogP) is 5.37. The maximum Gasteiger partial charge on any atom is 0.416 e. The van der Waals surface area contributed by atoms with E-state index in [9.17, 15) is 18.0 Å². The Morgan fingerprint density at radius 1 is 1.00 bits per heavy atom. The van der Waals surface area contributed by atoms with E-state index in [0.717, 1.165) is 27.8 Å². The van der Waals surface area contributed by atoms with Crippen LogP contribution in [0.2, 0.25) is 0 Å². The second-order valence-corrected chi connectivity index (χ2v) is 6.01. The average Bonchev–Trinajstić information content (AvgIpc) is 2.96. The molecule has 1 aromatic heterocycles. The van der Waals surface area contributed by atoms with Crippen molar-refractivity contribution in [3.8, 4) is 11.1 Å². The quantitative estimate of drug-likeness (QED) is 0.588. The highest BCUT2D eigenvalue weighted by Gasteiger charge is 2.29. The zero-order valence-electron chi connectivity index (χ0n) is 12.0. The molecule has 23 heavy (non-hydrogen) atoms. The third-order valence-electron chi connectivity index (χ3n) is 3.45. The number of halogens is 3. The lowest BCUT2D eigenvalue weighted by atomic mass is 10.0. The number of esters is 1. The maximum atomic E-state index is 12.6. The van der Waals surface area contributed by atoms with Crippen molar-refractivity contribution in [2.45, 2.75) is 6.18 Å². The van der Waals surface area contributed by atoms with Crippen LogP contribution in [0.5, 0.6) is 0 Å². The molecule has 0 saturated carbocycles. The van der Waals surface area contributed by atoms with Crippen molar-refractivity contribution in [3.05, 3.63) is 59.0 Å². The molecule has 0 spiro atoms. The number of methoxy groups -OCH3 is 1. The number of thiophene rings is 1. The van der Waals surface area contributed by atoms with E-state index in [1.807, 2.05) is 18.2 Å². The molecule has 0 N–H and O–H groups in total. The molecule has 0 radical (unpaired) electrons. The number of ether oxygens (including phenoxy) is 1. The Balaban J connectivity index is 1.98. The van der Waals surface area contributed by atoms with Gasteiger partial charge in [0.2, 0.25) is 0 Å². The fourth-order valence-electron chi connectivity index (χ4n) is 2.28. The molecule has 0 bridgehead atoms. The normalized spacial score (nSPS) is 11.7. The third kappa shape index (κ3) is 3.07. The van der Waals surface area contributed by atoms with Crippen molar-refractivity contribution < 1.29 is 22.7 Å². The van der Waals surface area contributed by atoms with E-state index in [4.69, 9.17) is 4.74 Å². The van der Waals surface area contributed by atoms with Gasteiger partial charge in [0.05, 0.1) is 12.7 Å². The molecule has 2 aromatic carbocycles. The molecule has 1 heterocycles. The molecule has 0 fully saturated rings. The van der Waals surface area contributed by atoms with E-state index < -0.39 is 17.7 Å². The van der Waals surface area contributed by atoms with Gasteiger partial charge in [-0.05, 0) is 46.8 Å². The Labute approximate surface area is 134 Å². The van der Waals surface area contributed by atoms with Gasteiger partial charge in [-0.15, -0.1) is 11.3 Å². The highest BCUT2D eigenvalue weighted by atomic mass is 32.1. The number of carbonyl (C=O) groups excluding carboxylic acids is 1. The highest BCUT2D eigenvalue weighted by Crippen LogP contribution is 2.33. The van der Waals surface area contributed by atoms with E-state index in [1.54, 1.807) is 6.07 Å². The van der Waals surface area contributed by atoms with Crippen molar-refractivity contribution in [1.82, 2.24) is 0 Å². The molecule has 3 rings (SSSR count). The number of fused-ring (bicyclic) bond motifs is 1. The monoisotopic (exact) mass is 336 g/mol. The van der Waals surface area contributed by atoms with E-state index in [1.165, 1.54) is 30.6 Å². The molecule has 0 unspecified atom stereocenters. The summed E-state index contributed by atoms with van der Waals surface area (Å²) in [5.74, 6) is -0.401. The van der Waals surface area contributed by atoms with Crippen LogP contribution in [0.25, 0.3) is 21.2 Å². The number of rotatable bonds is 2. The second kappa shape index (κ2) is 5.70. The van der Waals surface area contributed by atoms with Crippen LogP contribution in [0.15, 0.2) is 48.5 Å². The number of hydrogen-bond acceptors (Lipinski definition) is 3. The van der Waals surface area contributed by atoms with Gasteiger partial charge in [-0.1, -0.05) is 18.2 Å². The van der Waals surface area contributed by atoms with Crippen LogP contribution in [0.1, 0.15) is 15.2 Å². The Hall–Kier alpha value is -2.34. The zero-order valence-corrected chi connectivity index (χ0v) is 12.8. The minimum Gasteiger partial charge on any atom is -0.465 e. The van der Waals surface area contributed by atoms with Crippen molar-refractivity contribution in [3.63, 3.8) is 0 Å². The first-order valence-corrected chi connectivity index (χ1v) is 7.49. The molecule has 6 heteroatoms. The fraction of sp³-hybridized carbons (Fsp3) is 0.118. The highest BCUT2D eigenvalue weighted by molar-refractivity contribution is 7.20. The van der Waals surface area contributed by atoms with Gasteiger partial charge in [0.15, 0.2) is 0 Å². The molecule has 118 valence electrons. The fourth-order valence-corrected chi connectivity index (χ4v) is 3.24. The van der Waals surface area contributed by atoms with Crippen LogP contribution in [0.3, 0.4) is 0 Å². The van der Waals surface area contributed by atoms with Gasteiger partial charge in [-0.25, -0.2) is 4.79 Å². The minimum absolute atomic E-state index is 0.401. The van der Waals surface area contributed by atoms with Gasteiger partial charge in [-0.3, -0.25) is 0 Å². The van der Waals surface area contributed by atoms with E-state index in [2.05, 4.69) is 0 Å². The smallest absolute Gasteiger partial charge is 0.416 e. The van der Waals surface area contributed by atoms with Gasteiger partial charge >= 0.3 is 12.1 Å².